The number of carbonyl (C=O) groups is 1. The first-order valence-electron chi connectivity index (χ1n) is 5.64. The van der Waals surface area contributed by atoms with Crippen LogP contribution in [0, 0.1) is 0 Å². The van der Waals surface area contributed by atoms with Crippen molar-refractivity contribution in [3.05, 3.63) is 24.3 Å². The molecule has 0 radical (unpaired) electrons. The van der Waals surface area contributed by atoms with Gasteiger partial charge in [-0.25, -0.2) is 13.2 Å². The van der Waals surface area contributed by atoms with Crippen LogP contribution in [0.25, 0.3) is 0 Å². The number of anilines is 2. The van der Waals surface area contributed by atoms with E-state index >= 15 is 0 Å². The fourth-order valence-electron chi connectivity index (χ4n) is 1.29. The lowest BCUT2D eigenvalue weighted by atomic mass is 10.3. The van der Waals surface area contributed by atoms with Gasteiger partial charge in [-0.15, -0.1) is 0 Å². The van der Waals surface area contributed by atoms with Gasteiger partial charge in [-0.05, 0) is 30.7 Å². The molecule has 0 spiro atoms. The lowest BCUT2D eigenvalue weighted by Gasteiger charge is -2.08. The number of hydrogen-bond acceptors (Lipinski definition) is 4. The Kier molecular flexibility index (Phi) is 5.58. The number of rotatable bonds is 6. The van der Waals surface area contributed by atoms with Gasteiger partial charge >= 0.3 is 6.03 Å². The number of carbonyl (C=O) groups excluding carboxylic acids is 1. The molecule has 1 aromatic carbocycles. The maximum atomic E-state index is 11.4. The van der Waals surface area contributed by atoms with Gasteiger partial charge in [0.1, 0.15) is 0 Å². The molecule has 0 aliphatic heterocycles. The van der Waals surface area contributed by atoms with Gasteiger partial charge in [0.25, 0.3) is 0 Å². The number of benzene rings is 1. The Morgan fingerprint density at radius 2 is 1.79 bits per heavy atom. The molecule has 0 aliphatic carbocycles. The number of urea groups is 1. The van der Waals surface area contributed by atoms with Crippen molar-refractivity contribution in [1.82, 2.24) is 5.32 Å². The van der Waals surface area contributed by atoms with E-state index in [-0.39, 0.29) is 12.6 Å². The normalized spacial score (nSPS) is 10.8. The van der Waals surface area contributed by atoms with E-state index < -0.39 is 10.0 Å². The van der Waals surface area contributed by atoms with Gasteiger partial charge in [0.05, 0.1) is 6.26 Å². The Hall–Kier alpha value is -1.80. The minimum absolute atomic E-state index is 0.0200. The molecule has 0 saturated carbocycles. The summed E-state index contributed by atoms with van der Waals surface area (Å²) in [6.07, 6.45) is 1.55. The topological polar surface area (TPSA) is 108 Å². The number of hydrogen-bond donors (Lipinski definition) is 4. The lowest BCUT2D eigenvalue weighted by Crippen LogP contribution is -2.29. The van der Waals surface area contributed by atoms with Crippen LogP contribution in [0.1, 0.15) is 6.42 Å². The highest BCUT2D eigenvalue weighted by Gasteiger charge is 2.03. The second kappa shape index (κ2) is 6.95. The predicted molar refractivity (Wildman–Crippen MR) is 73.6 cm³/mol. The minimum atomic E-state index is -3.30. The van der Waals surface area contributed by atoms with Crippen LogP contribution in [0.3, 0.4) is 0 Å². The van der Waals surface area contributed by atoms with Gasteiger partial charge in [-0.3, -0.25) is 4.72 Å². The molecule has 8 heteroatoms. The van der Waals surface area contributed by atoms with Crippen molar-refractivity contribution in [2.75, 3.05) is 29.4 Å². The maximum Gasteiger partial charge on any atom is 0.319 e. The van der Waals surface area contributed by atoms with Crippen LogP contribution in [0.4, 0.5) is 16.2 Å². The Balaban J connectivity index is 2.50. The Morgan fingerprint density at radius 1 is 1.21 bits per heavy atom. The molecule has 106 valence electrons. The fourth-order valence-corrected chi connectivity index (χ4v) is 1.86. The molecule has 0 fully saturated rings. The summed E-state index contributed by atoms with van der Waals surface area (Å²) in [6.45, 7) is 0.405. The van der Waals surface area contributed by atoms with Gasteiger partial charge in [0.15, 0.2) is 0 Å². The summed E-state index contributed by atoms with van der Waals surface area (Å²) in [5, 5.41) is 13.7. The zero-order valence-electron chi connectivity index (χ0n) is 10.5. The molecule has 0 aromatic heterocycles. The van der Waals surface area contributed by atoms with Crippen molar-refractivity contribution in [3.63, 3.8) is 0 Å². The average molecular weight is 287 g/mol. The van der Waals surface area contributed by atoms with Crippen molar-refractivity contribution in [2.24, 2.45) is 0 Å². The van der Waals surface area contributed by atoms with E-state index in [0.29, 0.717) is 24.3 Å². The smallest absolute Gasteiger partial charge is 0.319 e. The van der Waals surface area contributed by atoms with Crippen LogP contribution in [0.5, 0.6) is 0 Å². The summed E-state index contributed by atoms with van der Waals surface area (Å²) >= 11 is 0. The molecule has 0 unspecified atom stereocenters. The van der Waals surface area contributed by atoms with Crippen LogP contribution in [0.2, 0.25) is 0 Å². The maximum absolute atomic E-state index is 11.4. The third-order valence-corrected chi connectivity index (χ3v) is 2.67. The highest BCUT2D eigenvalue weighted by Crippen LogP contribution is 2.14. The Morgan fingerprint density at radius 3 is 2.32 bits per heavy atom. The first kappa shape index (κ1) is 15.3. The highest BCUT2D eigenvalue weighted by molar-refractivity contribution is 7.92. The van der Waals surface area contributed by atoms with Crippen LogP contribution < -0.4 is 15.4 Å². The van der Waals surface area contributed by atoms with Gasteiger partial charge < -0.3 is 15.7 Å². The minimum Gasteiger partial charge on any atom is -0.396 e. The largest absolute Gasteiger partial charge is 0.396 e. The van der Waals surface area contributed by atoms with Crippen molar-refractivity contribution < 1.29 is 18.3 Å². The Bertz CT molecular complexity index is 513. The monoisotopic (exact) mass is 287 g/mol. The second-order valence-electron chi connectivity index (χ2n) is 3.91. The number of nitrogens with one attached hydrogen (secondary N) is 3. The number of aliphatic hydroxyl groups excluding tert-OH is 1. The van der Waals surface area contributed by atoms with Gasteiger partial charge in [0, 0.05) is 24.5 Å². The standard InChI is InChI=1S/C11H17N3O4S/c1-19(17,18)14-10-5-3-9(4-6-10)13-11(16)12-7-2-8-15/h3-6,14-15H,2,7-8H2,1H3,(H2,12,13,16). The zero-order valence-corrected chi connectivity index (χ0v) is 11.3. The summed E-state index contributed by atoms with van der Waals surface area (Å²) < 4.78 is 24.3. The summed E-state index contributed by atoms with van der Waals surface area (Å²) in [6, 6.07) is 5.88. The second-order valence-corrected chi connectivity index (χ2v) is 5.66. The van der Waals surface area contributed by atoms with E-state index in [4.69, 9.17) is 5.11 Å². The third kappa shape index (κ3) is 6.63. The molecule has 0 aliphatic rings. The first-order valence-corrected chi connectivity index (χ1v) is 7.53. The van der Waals surface area contributed by atoms with Crippen LogP contribution >= 0.6 is 0 Å². The van der Waals surface area contributed by atoms with E-state index in [1.54, 1.807) is 24.3 Å². The summed E-state index contributed by atoms with van der Waals surface area (Å²) in [7, 11) is -3.30. The quantitative estimate of drug-likeness (QED) is 0.573. The lowest BCUT2D eigenvalue weighted by molar-refractivity contribution is 0.249. The van der Waals surface area contributed by atoms with Crippen molar-refractivity contribution >= 4 is 27.4 Å². The average Bonchev–Trinajstić information content (AvgIpc) is 2.30. The molecular weight excluding hydrogens is 270 g/mol. The van der Waals surface area contributed by atoms with Crippen molar-refractivity contribution in [1.29, 1.82) is 0 Å². The van der Waals surface area contributed by atoms with Crippen molar-refractivity contribution in [3.8, 4) is 0 Å². The summed E-state index contributed by atoms with van der Waals surface area (Å²) in [5.41, 5.74) is 0.967. The van der Waals surface area contributed by atoms with E-state index in [1.165, 1.54) is 0 Å². The zero-order chi connectivity index (χ0) is 14.3. The first-order chi connectivity index (χ1) is 8.90. The number of sulfonamides is 1. The Labute approximate surface area is 112 Å². The van der Waals surface area contributed by atoms with Crippen LogP contribution in [0.15, 0.2) is 24.3 Å². The molecule has 1 aromatic rings. The van der Waals surface area contributed by atoms with Gasteiger partial charge in [-0.1, -0.05) is 0 Å². The van der Waals surface area contributed by atoms with Gasteiger partial charge in [0.2, 0.25) is 10.0 Å². The summed E-state index contributed by atoms with van der Waals surface area (Å²) in [4.78, 5) is 11.4. The fraction of sp³-hybridized carbons (Fsp3) is 0.364. The van der Waals surface area contributed by atoms with E-state index in [0.717, 1.165) is 6.26 Å². The number of aliphatic hydroxyl groups is 1. The third-order valence-electron chi connectivity index (χ3n) is 2.07. The van der Waals surface area contributed by atoms with Gasteiger partial charge in [-0.2, -0.15) is 0 Å². The van der Waals surface area contributed by atoms with E-state index in [1.807, 2.05) is 0 Å². The molecule has 1 rings (SSSR count). The molecule has 7 nitrogen and oxygen atoms in total. The van der Waals surface area contributed by atoms with E-state index in [9.17, 15) is 13.2 Å². The predicted octanol–water partition coefficient (Wildman–Crippen LogP) is 0.562. The molecule has 19 heavy (non-hydrogen) atoms. The number of amides is 2. The molecule has 2 amide bonds. The summed E-state index contributed by atoms with van der Waals surface area (Å²) in [5.74, 6) is 0. The van der Waals surface area contributed by atoms with Crippen molar-refractivity contribution in [2.45, 2.75) is 6.42 Å². The van der Waals surface area contributed by atoms with Crippen LogP contribution in [-0.4, -0.2) is 39.0 Å². The molecular formula is C11H17N3O4S. The molecule has 0 atom stereocenters. The molecule has 0 saturated heterocycles. The molecule has 0 bridgehead atoms. The highest BCUT2D eigenvalue weighted by atomic mass is 32.2. The molecule has 0 heterocycles. The van der Waals surface area contributed by atoms with E-state index in [2.05, 4.69) is 15.4 Å². The molecule has 4 N–H and O–H groups in total. The van der Waals surface area contributed by atoms with Crippen LogP contribution in [-0.2, 0) is 10.0 Å². The SMILES string of the molecule is CS(=O)(=O)Nc1ccc(NC(=O)NCCCO)cc1.